The first-order chi connectivity index (χ1) is 8.22. The van der Waals surface area contributed by atoms with Crippen molar-refractivity contribution in [3.05, 3.63) is 59.7 Å². The molecule has 0 aliphatic carbocycles. The van der Waals surface area contributed by atoms with E-state index in [2.05, 4.69) is 18.2 Å². The Hall–Kier alpha value is -1.89. The molecule has 1 heteroatoms. The van der Waals surface area contributed by atoms with Crippen LogP contribution in [0, 0.1) is 6.92 Å². The fourth-order valence-corrected chi connectivity index (χ4v) is 1.98. The van der Waals surface area contributed by atoms with Gasteiger partial charge in [-0.15, -0.1) is 0 Å². The summed E-state index contributed by atoms with van der Waals surface area (Å²) in [6.45, 7) is 3.89. The maximum absolute atomic E-state index is 11.7. The molecule has 17 heavy (non-hydrogen) atoms. The lowest BCUT2D eigenvalue weighted by Gasteiger charge is -2.07. The molecule has 0 unspecified atom stereocenters. The van der Waals surface area contributed by atoms with Crippen molar-refractivity contribution in [3.8, 4) is 11.1 Å². The number of Topliss-reactive ketones (excluding diaryl/α,β-unsaturated/α-hetero) is 1. The number of hydrogen-bond acceptors (Lipinski definition) is 1. The van der Waals surface area contributed by atoms with E-state index in [1.165, 1.54) is 5.56 Å². The van der Waals surface area contributed by atoms with Gasteiger partial charge in [-0.05, 0) is 23.6 Å². The summed E-state index contributed by atoms with van der Waals surface area (Å²) in [5.74, 6) is 0.210. The quantitative estimate of drug-likeness (QED) is 0.712. The Morgan fingerprint density at radius 1 is 1.00 bits per heavy atom. The summed E-state index contributed by atoms with van der Waals surface area (Å²) in [5.41, 5.74) is 4.24. The number of rotatable bonds is 3. The molecule has 0 spiro atoms. The van der Waals surface area contributed by atoms with E-state index in [1.54, 1.807) is 0 Å². The summed E-state index contributed by atoms with van der Waals surface area (Å²) < 4.78 is 0. The van der Waals surface area contributed by atoms with Crippen LogP contribution >= 0.6 is 0 Å². The third kappa shape index (κ3) is 2.44. The van der Waals surface area contributed by atoms with E-state index < -0.39 is 0 Å². The van der Waals surface area contributed by atoms with Gasteiger partial charge >= 0.3 is 0 Å². The summed E-state index contributed by atoms with van der Waals surface area (Å²) in [6.07, 6.45) is 0.561. The Labute approximate surface area is 102 Å². The van der Waals surface area contributed by atoms with E-state index in [1.807, 2.05) is 44.2 Å². The van der Waals surface area contributed by atoms with Crippen LogP contribution < -0.4 is 0 Å². The molecule has 0 aliphatic rings. The highest BCUT2D eigenvalue weighted by molar-refractivity contribution is 5.97. The topological polar surface area (TPSA) is 17.1 Å². The first-order valence-corrected chi connectivity index (χ1v) is 5.91. The van der Waals surface area contributed by atoms with Gasteiger partial charge in [0.15, 0.2) is 5.78 Å². The van der Waals surface area contributed by atoms with E-state index in [-0.39, 0.29) is 5.78 Å². The highest BCUT2D eigenvalue weighted by Crippen LogP contribution is 2.22. The minimum absolute atomic E-state index is 0.210. The molecule has 0 radical (unpaired) electrons. The Balaban J connectivity index is 2.41. The van der Waals surface area contributed by atoms with Gasteiger partial charge in [0.05, 0.1) is 0 Å². The van der Waals surface area contributed by atoms with Crippen molar-refractivity contribution < 1.29 is 4.79 Å². The van der Waals surface area contributed by atoms with Crippen molar-refractivity contribution in [1.29, 1.82) is 0 Å². The molecular formula is C16H16O. The van der Waals surface area contributed by atoms with Crippen LogP contribution in [0.3, 0.4) is 0 Å². The maximum atomic E-state index is 11.7. The Morgan fingerprint density at radius 2 is 1.71 bits per heavy atom. The van der Waals surface area contributed by atoms with Crippen LogP contribution in [0.1, 0.15) is 29.3 Å². The normalized spacial score (nSPS) is 10.2. The van der Waals surface area contributed by atoms with Crippen molar-refractivity contribution >= 4 is 5.78 Å². The summed E-state index contributed by atoms with van der Waals surface area (Å²) in [5, 5.41) is 0. The lowest BCUT2D eigenvalue weighted by atomic mass is 9.97. The lowest BCUT2D eigenvalue weighted by Crippen LogP contribution is -1.99. The van der Waals surface area contributed by atoms with Gasteiger partial charge in [0.2, 0.25) is 0 Å². The van der Waals surface area contributed by atoms with Gasteiger partial charge in [0, 0.05) is 12.0 Å². The van der Waals surface area contributed by atoms with Crippen molar-refractivity contribution in [3.63, 3.8) is 0 Å². The second-order valence-electron chi connectivity index (χ2n) is 4.17. The Morgan fingerprint density at radius 3 is 2.29 bits per heavy atom. The zero-order valence-corrected chi connectivity index (χ0v) is 10.2. The molecule has 0 atom stereocenters. The number of benzene rings is 2. The molecule has 0 fully saturated rings. The summed E-state index contributed by atoms with van der Waals surface area (Å²) in [7, 11) is 0. The minimum Gasteiger partial charge on any atom is -0.294 e. The molecule has 2 aromatic carbocycles. The van der Waals surface area contributed by atoms with Crippen LogP contribution in [-0.2, 0) is 0 Å². The highest BCUT2D eigenvalue weighted by atomic mass is 16.1. The number of carbonyl (C=O) groups excluding carboxylic acids is 1. The second kappa shape index (κ2) is 4.96. The van der Waals surface area contributed by atoms with Crippen LogP contribution in [0.5, 0.6) is 0 Å². The third-order valence-electron chi connectivity index (χ3n) is 2.96. The van der Waals surface area contributed by atoms with Crippen molar-refractivity contribution in [2.75, 3.05) is 0 Å². The van der Waals surface area contributed by atoms with E-state index in [9.17, 15) is 4.79 Å². The van der Waals surface area contributed by atoms with Gasteiger partial charge in [-0.25, -0.2) is 0 Å². The first kappa shape index (κ1) is 11.6. The molecule has 0 saturated carbocycles. The lowest BCUT2D eigenvalue weighted by molar-refractivity contribution is 0.0987. The molecule has 0 N–H and O–H groups in total. The minimum atomic E-state index is 0.210. The van der Waals surface area contributed by atoms with Crippen molar-refractivity contribution in [1.82, 2.24) is 0 Å². The number of hydrogen-bond donors (Lipinski definition) is 0. The van der Waals surface area contributed by atoms with E-state index in [0.29, 0.717) is 6.42 Å². The molecule has 0 heterocycles. The molecular weight excluding hydrogens is 208 g/mol. The number of ketones is 1. The smallest absolute Gasteiger partial charge is 0.162 e. The monoisotopic (exact) mass is 224 g/mol. The zero-order valence-electron chi connectivity index (χ0n) is 10.2. The largest absolute Gasteiger partial charge is 0.294 e. The van der Waals surface area contributed by atoms with Crippen molar-refractivity contribution in [2.24, 2.45) is 0 Å². The average Bonchev–Trinajstić information content (AvgIpc) is 2.39. The number of carbonyl (C=O) groups is 1. The maximum Gasteiger partial charge on any atom is 0.162 e. The van der Waals surface area contributed by atoms with Crippen LogP contribution in [0.4, 0.5) is 0 Å². The van der Waals surface area contributed by atoms with Gasteiger partial charge in [-0.3, -0.25) is 4.79 Å². The Kier molecular flexibility index (Phi) is 3.38. The molecule has 1 nitrogen and oxygen atoms in total. The summed E-state index contributed by atoms with van der Waals surface area (Å²) in [4.78, 5) is 11.7. The highest BCUT2D eigenvalue weighted by Gasteiger charge is 2.07. The fraction of sp³-hybridized carbons (Fsp3) is 0.188. The van der Waals surface area contributed by atoms with Gasteiger partial charge in [-0.1, -0.05) is 55.5 Å². The first-order valence-electron chi connectivity index (χ1n) is 5.91. The molecule has 0 amide bonds. The number of aryl methyl sites for hydroxylation is 1. The predicted octanol–water partition coefficient (Wildman–Crippen LogP) is 4.25. The fourth-order valence-electron chi connectivity index (χ4n) is 1.98. The molecule has 0 bridgehead atoms. The third-order valence-corrected chi connectivity index (χ3v) is 2.96. The zero-order chi connectivity index (χ0) is 12.3. The van der Waals surface area contributed by atoms with Crippen LogP contribution in [0.2, 0.25) is 0 Å². The summed E-state index contributed by atoms with van der Waals surface area (Å²) in [6, 6.07) is 16.2. The van der Waals surface area contributed by atoms with Gasteiger partial charge in [0.25, 0.3) is 0 Å². The van der Waals surface area contributed by atoms with Crippen LogP contribution in [-0.4, -0.2) is 5.78 Å². The molecule has 86 valence electrons. The van der Waals surface area contributed by atoms with Crippen LogP contribution in [0.15, 0.2) is 48.5 Å². The molecule has 2 aromatic rings. The SMILES string of the molecule is CCC(=O)c1ccc(-c2ccccc2)cc1C. The average molecular weight is 224 g/mol. The predicted molar refractivity (Wildman–Crippen MR) is 71.2 cm³/mol. The second-order valence-corrected chi connectivity index (χ2v) is 4.17. The van der Waals surface area contributed by atoms with Crippen molar-refractivity contribution in [2.45, 2.75) is 20.3 Å². The Bertz CT molecular complexity index is 526. The molecule has 0 aromatic heterocycles. The van der Waals surface area contributed by atoms with Gasteiger partial charge in [0.1, 0.15) is 0 Å². The van der Waals surface area contributed by atoms with Gasteiger partial charge in [-0.2, -0.15) is 0 Å². The van der Waals surface area contributed by atoms with Crippen LogP contribution in [0.25, 0.3) is 11.1 Å². The van der Waals surface area contributed by atoms with E-state index >= 15 is 0 Å². The van der Waals surface area contributed by atoms with E-state index in [0.717, 1.165) is 16.7 Å². The molecule has 0 saturated heterocycles. The standard InChI is InChI=1S/C16H16O/c1-3-16(17)15-10-9-14(11-12(15)2)13-7-5-4-6-8-13/h4-11H,3H2,1-2H3. The van der Waals surface area contributed by atoms with E-state index in [4.69, 9.17) is 0 Å². The van der Waals surface area contributed by atoms with Gasteiger partial charge < -0.3 is 0 Å². The molecule has 0 aliphatic heterocycles. The molecule has 2 rings (SSSR count). The summed E-state index contributed by atoms with van der Waals surface area (Å²) >= 11 is 0.